The third kappa shape index (κ3) is 6.52. The molecule has 0 saturated heterocycles. The average Bonchev–Trinajstić information content (AvgIpc) is 3.18. The molecule has 4 heteroatoms. The lowest BCUT2D eigenvalue weighted by molar-refractivity contribution is 1.08. The van der Waals surface area contributed by atoms with Crippen LogP contribution >= 0.6 is 0 Å². The van der Waals surface area contributed by atoms with Gasteiger partial charge in [-0.1, -0.05) is 126 Å². The van der Waals surface area contributed by atoms with Crippen molar-refractivity contribution in [3.63, 3.8) is 0 Å². The molecular weight excluding hydrogens is 657 g/mol. The van der Waals surface area contributed by atoms with Crippen LogP contribution in [0.3, 0.4) is 0 Å². The molecule has 1 heterocycles. The summed E-state index contributed by atoms with van der Waals surface area (Å²) < 4.78 is 0. The Kier molecular flexibility index (Phi) is 9.27. The number of aromatic nitrogens is 2. The van der Waals surface area contributed by atoms with Crippen LogP contribution in [0.5, 0.6) is 0 Å². The summed E-state index contributed by atoms with van der Waals surface area (Å²) in [4.78, 5) is 14.7. The van der Waals surface area contributed by atoms with E-state index in [9.17, 15) is 0 Å². The van der Waals surface area contributed by atoms with Gasteiger partial charge in [-0.15, -0.1) is 0 Å². The summed E-state index contributed by atoms with van der Waals surface area (Å²) >= 11 is 0. The highest BCUT2D eigenvalue weighted by molar-refractivity contribution is 6.05. The minimum atomic E-state index is 0.599. The highest BCUT2D eigenvalue weighted by Crippen LogP contribution is 2.46. The highest BCUT2D eigenvalue weighted by atomic mass is 15.3. The largest absolute Gasteiger partial charge is 0.309 e. The summed E-state index contributed by atoms with van der Waals surface area (Å²) in [7, 11) is 0. The fourth-order valence-corrected chi connectivity index (χ4v) is 8.10. The molecule has 0 aliphatic heterocycles. The smallest absolute Gasteiger partial charge is 0.234 e. The first-order valence-electron chi connectivity index (χ1n) is 18.6. The Morgan fingerprint density at radius 3 is 1.41 bits per heavy atom. The summed E-state index contributed by atoms with van der Waals surface area (Å²) in [5.74, 6) is 0.599. The predicted octanol–water partition coefficient (Wildman–Crippen LogP) is 13.8. The normalized spacial score (nSPS) is 11.1. The first kappa shape index (κ1) is 34.6. The molecule has 8 aromatic rings. The lowest BCUT2D eigenvalue weighted by Gasteiger charge is -2.32. The number of hydrogen-bond donors (Lipinski definition) is 0. The van der Waals surface area contributed by atoms with E-state index >= 15 is 0 Å². The molecule has 0 fully saturated rings. The number of fused-ring (bicyclic) bond motifs is 1. The Bertz CT molecular complexity index is 2490. The van der Waals surface area contributed by atoms with E-state index in [0.29, 0.717) is 5.95 Å². The van der Waals surface area contributed by atoms with Gasteiger partial charge in [-0.25, -0.2) is 9.97 Å². The van der Waals surface area contributed by atoms with Crippen molar-refractivity contribution in [2.24, 2.45) is 0 Å². The van der Waals surface area contributed by atoms with Crippen molar-refractivity contribution in [2.75, 3.05) is 9.80 Å². The van der Waals surface area contributed by atoms with E-state index < -0.39 is 0 Å². The van der Waals surface area contributed by atoms with E-state index in [1.54, 1.807) is 0 Å². The van der Waals surface area contributed by atoms with Gasteiger partial charge in [0.15, 0.2) is 0 Å². The van der Waals surface area contributed by atoms with Crippen LogP contribution in [0.1, 0.15) is 33.4 Å². The molecule has 0 N–H and O–H groups in total. The predicted molar refractivity (Wildman–Crippen MR) is 228 cm³/mol. The van der Waals surface area contributed by atoms with Crippen molar-refractivity contribution >= 4 is 45.2 Å². The minimum Gasteiger partial charge on any atom is -0.309 e. The monoisotopic (exact) mass is 700 g/mol. The zero-order chi connectivity index (χ0) is 37.3. The van der Waals surface area contributed by atoms with Crippen LogP contribution in [-0.4, -0.2) is 9.97 Å². The number of rotatable bonds is 8. The summed E-state index contributed by atoms with van der Waals surface area (Å²) in [6.45, 7) is 13.2. The molecule has 0 atom stereocenters. The summed E-state index contributed by atoms with van der Waals surface area (Å²) in [6.07, 6.45) is 3.85. The Balaban J connectivity index is 1.33. The first-order chi connectivity index (χ1) is 26.3. The molecule has 0 aliphatic rings. The van der Waals surface area contributed by atoms with E-state index in [2.05, 4.69) is 179 Å². The quantitative estimate of drug-likeness (QED) is 0.158. The third-order valence-corrected chi connectivity index (χ3v) is 10.2. The number of nitrogens with zero attached hydrogens (tertiary/aromatic N) is 4. The molecule has 0 bridgehead atoms. The molecule has 8 rings (SSSR count). The molecule has 0 aliphatic carbocycles. The Morgan fingerprint density at radius 2 is 0.870 bits per heavy atom. The lowest BCUT2D eigenvalue weighted by Crippen LogP contribution is -2.17. The first-order valence-corrected chi connectivity index (χ1v) is 18.6. The van der Waals surface area contributed by atoms with Gasteiger partial charge in [0.1, 0.15) is 0 Å². The summed E-state index contributed by atoms with van der Waals surface area (Å²) in [5.41, 5.74) is 17.3. The number of anilines is 6. The number of benzene rings is 7. The Hall–Kier alpha value is -6.52. The van der Waals surface area contributed by atoms with Crippen LogP contribution in [-0.2, 0) is 0 Å². The number of aryl methyl sites for hydroxylation is 6. The maximum absolute atomic E-state index is 5.04. The van der Waals surface area contributed by atoms with E-state index in [0.717, 1.165) is 39.3 Å². The van der Waals surface area contributed by atoms with E-state index in [1.165, 1.54) is 55.5 Å². The van der Waals surface area contributed by atoms with E-state index in [1.807, 2.05) is 30.6 Å². The van der Waals surface area contributed by atoms with Crippen LogP contribution in [0.25, 0.3) is 33.0 Å². The van der Waals surface area contributed by atoms with Gasteiger partial charge in [-0.2, -0.15) is 0 Å². The average molecular weight is 701 g/mol. The summed E-state index contributed by atoms with van der Waals surface area (Å²) in [6, 6.07) is 51.9. The maximum atomic E-state index is 5.04. The Labute approximate surface area is 319 Å². The SMILES string of the molecule is Cc1cc(C)c(N(c2ccc(N(c3ncc(-c4ccccc4)cn3)c3ccc4ccccc4c3-c3ccccc3)cc2)c2c(C)cc(C)cc2C)c(C)c1. The van der Waals surface area contributed by atoms with E-state index in [4.69, 9.17) is 9.97 Å². The van der Waals surface area contributed by atoms with Gasteiger partial charge in [0.2, 0.25) is 5.95 Å². The summed E-state index contributed by atoms with van der Waals surface area (Å²) in [5, 5.41) is 2.35. The zero-order valence-corrected chi connectivity index (χ0v) is 31.8. The van der Waals surface area contributed by atoms with E-state index in [-0.39, 0.29) is 0 Å². The molecule has 0 unspecified atom stereocenters. The second-order valence-corrected chi connectivity index (χ2v) is 14.4. The maximum Gasteiger partial charge on any atom is 0.234 e. The minimum absolute atomic E-state index is 0.599. The molecule has 4 nitrogen and oxygen atoms in total. The van der Waals surface area contributed by atoms with Crippen LogP contribution in [0.2, 0.25) is 0 Å². The topological polar surface area (TPSA) is 32.3 Å². The molecule has 264 valence electrons. The van der Waals surface area contributed by atoms with Crippen LogP contribution in [0.15, 0.2) is 158 Å². The van der Waals surface area contributed by atoms with Gasteiger partial charge >= 0.3 is 0 Å². The highest BCUT2D eigenvalue weighted by Gasteiger charge is 2.24. The van der Waals surface area contributed by atoms with Gasteiger partial charge in [0.25, 0.3) is 0 Å². The van der Waals surface area contributed by atoms with Crippen molar-refractivity contribution in [2.45, 2.75) is 41.5 Å². The zero-order valence-electron chi connectivity index (χ0n) is 31.8. The second kappa shape index (κ2) is 14.5. The van der Waals surface area contributed by atoms with Gasteiger partial charge in [-0.05, 0) is 116 Å². The molecular formula is C50H44N4. The molecule has 54 heavy (non-hydrogen) atoms. The van der Waals surface area contributed by atoms with Crippen molar-refractivity contribution in [1.29, 1.82) is 0 Å². The van der Waals surface area contributed by atoms with Gasteiger partial charge in [0.05, 0.1) is 17.1 Å². The van der Waals surface area contributed by atoms with Crippen LogP contribution in [0.4, 0.5) is 34.4 Å². The molecule has 0 radical (unpaired) electrons. The molecule has 0 amide bonds. The van der Waals surface area contributed by atoms with Crippen molar-refractivity contribution in [3.05, 3.63) is 191 Å². The molecule has 7 aromatic carbocycles. The fourth-order valence-electron chi connectivity index (χ4n) is 8.10. The molecule has 1 aromatic heterocycles. The van der Waals surface area contributed by atoms with Crippen molar-refractivity contribution in [3.8, 4) is 22.3 Å². The van der Waals surface area contributed by atoms with Gasteiger partial charge in [-0.3, -0.25) is 4.90 Å². The van der Waals surface area contributed by atoms with Gasteiger partial charge in [0, 0.05) is 34.9 Å². The number of hydrogen-bond acceptors (Lipinski definition) is 4. The van der Waals surface area contributed by atoms with Gasteiger partial charge < -0.3 is 4.90 Å². The second-order valence-electron chi connectivity index (χ2n) is 14.4. The molecule has 0 spiro atoms. The molecule has 0 saturated carbocycles. The van der Waals surface area contributed by atoms with Crippen molar-refractivity contribution in [1.82, 2.24) is 9.97 Å². The van der Waals surface area contributed by atoms with Crippen LogP contribution < -0.4 is 9.80 Å². The van der Waals surface area contributed by atoms with Crippen LogP contribution in [0, 0.1) is 41.5 Å². The standard InChI is InChI=1S/C50H44N4/c1-33-27-35(3)48(36(4)28-33)54(49-37(5)29-34(2)30-38(49)6)44-24-22-43(23-25-44)53(50-51-31-42(32-52-50)39-15-9-7-10-16-39)46-26-21-40-17-13-14-20-45(40)47(46)41-18-11-8-12-19-41/h7-32H,1-6H3. The fraction of sp³-hybridized carbons (Fsp3) is 0.120. The third-order valence-electron chi connectivity index (χ3n) is 10.2. The van der Waals surface area contributed by atoms with Crippen molar-refractivity contribution < 1.29 is 0 Å². The Morgan fingerprint density at radius 1 is 0.407 bits per heavy atom. The lowest BCUT2D eigenvalue weighted by atomic mass is 9.95.